The lowest BCUT2D eigenvalue weighted by atomic mass is 9.75. The standard InChI is InChI=1S/C14H23N5O/c1-14(2)8-6-10(7-9-14)19(3)13(20)11-4-5-12(16-15)18-17-11/h4-5,10H,6-9,15H2,1-3H3,(H,16,18). The Bertz CT molecular complexity index is 461. The Morgan fingerprint density at radius 3 is 2.50 bits per heavy atom. The van der Waals surface area contributed by atoms with Crippen LogP contribution in [0, 0.1) is 5.41 Å². The van der Waals surface area contributed by atoms with Crippen molar-refractivity contribution in [3.63, 3.8) is 0 Å². The average Bonchev–Trinajstić information content (AvgIpc) is 2.46. The van der Waals surface area contributed by atoms with Gasteiger partial charge in [0.2, 0.25) is 0 Å². The highest BCUT2D eigenvalue weighted by Gasteiger charge is 2.31. The number of anilines is 1. The Morgan fingerprint density at radius 1 is 1.35 bits per heavy atom. The van der Waals surface area contributed by atoms with E-state index in [9.17, 15) is 4.79 Å². The fraction of sp³-hybridized carbons (Fsp3) is 0.643. The van der Waals surface area contributed by atoms with Crippen molar-refractivity contribution in [1.29, 1.82) is 0 Å². The Kier molecular flexibility index (Phi) is 4.23. The van der Waals surface area contributed by atoms with Crippen LogP contribution in [0.1, 0.15) is 50.0 Å². The van der Waals surface area contributed by atoms with Gasteiger partial charge in [-0.3, -0.25) is 4.79 Å². The van der Waals surface area contributed by atoms with E-state index in [1.165, 1.54) is 0 Å². The number of carbonyl (C=O) groups excluding carboxylic acids is 1. The van der Waals surface area contributed by atoms with Crippen LogP contribution in [-0.4, -0.2) is 34.1 Å². The molecule has 0 aromatic carbocycles. The summed E-state index contributed by atoms with van der Waals surface area (Å²) in [5, 5.41) is 7.75. The summed E-state index contributed by atoms with van der Waals surface area (Å²) in [6.45, 7) is 4.57. The van der Waals surface area contributed by atoms with Crippen molar-refractivity contribution in [2.75, 3.05) is 12.5 Å². The first-order valence-corrected chi connectivity index (χ1v) is 7.00. The number of nitrogens with zero attached hydrogens (tertiary/aromatic N) is 3. The Balaban J connectivity index is 2.01. The van der Waals surface area contributed by atoms with Gasteiger partial charge in [-0.25, -0.2) is 5.84 Å². The van der Waals surface area contributed by atoms with Gasteiger partial charge in [-0.1, -0.05) is 13.8 Å². The van der Waals surface area contributed by atoms with Gasteiger partial charge >= 0.3 is 0 Å². The first-order chi connectivity index (χ1) is 9.43. The molecule has 0 radical (unpaired) electrons. The number of nitrogen functional groups attached to an aromatic ring is 1. The highest BCUT2D eigenvalue weighted by atomic mass is 16.2. The molecule has 1 fully saturated rings. The second-order valence-electron chi connectivity index (χ2n) is 6.26. The van der Waals surface area contributed by atoms with Crippen LogP contribution in [0.15, 0.2) is 12.1 Å². The summed E-state index contributed by atoms with van der Waals surface area (Å²) in [6, 6.07) is 3.59. The number of amides is 1. The molecular formula is C14H23N5O. The minimum absolute atomic E-state index is 0.0780. The summed E-state index contributed by atoms with van der Waals surface area (Å²) in [5.41, 5.74) is 3.15. The molecule has 0 unspecified atom stereocenters. The van der Waals surface area contributed by atoms with Crippen LogP contribution < -0.4 is 11.3 Å². The third-order valence-electron chi connectivity index (χ3n) is 4.21. The normalized spacial score (nSPS) is 18.6. The molecule has 0 atom stereocenters. The second kappa shape index (κ2) is 5.75. The SMILES string of the molecule is CN(C(=O)c1ccc(NN)nn1)C1CCC(C)(C)CC1. The zero-order valence-electron chi connectivity index (χ0n) is 12.4. The molecule has 1 amide bonds. The van der Waals surface area contributed by atoms with E-state index < -0.39 is 0 Å². The van der Waals surface area contributed by atoms with Gasteiger partial charge in [0, 0.05) is 13.1 Å². The minimum atomic E-state index is -0.0780. The lowest BCUT2D eigenvalue weighted by molar-refractivity contribution is 0.0628. The first-order valence-electron chi connectivity index (χ1n) is 7.00. The van der Waals surface area contributed by atoms with E-state index >= 15 is 0 Å². The Hall–Kier alpha value is -1.69. The third-order valence-corrected chi connectivity index (χ3v) is 4.21. The number of nitrogens with two attached hydrogens (primary N) is 1. The molecule has 6 heteroatoms. The molecular weight excluding hydrogens is 254 g/mol. The molecule has 0 bridgehead atoms. The number of carbonyl (C=O) groups is 1. The molecule has 0 aliphatic heterocycles. The number of hydrogen-bond donors (Lipinski definition) is 2. The fourth-order valence-corrected chi connectivity index (χ4v) is 2.64. The highest BCUT2D eigenvalue weighted by molar-refractivity contribution is 5.92. The summed E-state index contributed by atoms with van der Waals surface area (Å²) >= 11 is 0. The fourth-order valence-electron chi connectivity index (χ4n) is 2.64. The maximum atomic E-state index is 12.4. The number of rotatable bonds is 3. The summed E-state index contributed by atoms with van der Waals surface area (Å²) < 4.78 is 0. The van der Waals surface area contributed by atoms with Gasteiger partial charge in [-0.2, -0.15) is 0 Å². The molecule has 6 nitrogen and oxygen atoms in total. The van der Waals surface area contributed by atoms with Crippen molar-refractivity contribution in [1.82, 2.24) is 15.1 Å². The van der Waals surface area contributed by atoms with Crippen LogP contribution >= 0.6 is 0 Å². The number of hydrazine groups is 1. The summed E-state index contributed by atoms with van der Waals surface area (Å²) in [6.07, 6.45) is 4.39. The van der Waals surface area contributed by atoms with Gasteiger partial charge in [-0.15, -0.1) is 10.2 Å². The van der Waals surface area contributed by atoms with Crippen LogP contribution in [0.4, 0.5) is 5.82 Å². The number of aromatic nitrogens is 2. The summed E-state index contributed by atoms with van der Waals surface area (Å²) in [7, 11) is 1.85. The average molecular weight is 277 g/mol. The van der Waals surface area contributed by atoms with E-state index in [-0.39, 0.29) is 5.91 Å². The van der Waals surface area contributed by atoms with E-state index in [0.29, 0.717) is 23.0 Å². The maximum absolute atomic E-state index is 12.4. The van der Waals surface area contributed by atoms with Crippen LogP contribution in [0.5, 0.6) is 0 Å². The van der Waals surface area contributed by atoms with Crippen molar-refractivity contribution >= 4 is 11.7 Å². The van der Waals surface area contributed by atoms with Crippen LogP contribution in [0.3, 0.4) is 0 Å². The number of nitrogens with one attached hydrogen (secondary N) is 1. The van der Waals surface area contributed by atoms with Crippen LogP contribution in [0.25, 0.3) is 0 Å². The van der Waals surface area contributed by atoms with E-state index in [4.69, 9.17) is 5.84 Å². The zero-order chi connectivity index (χ0) is 14.8. The zero-order valence-corrected chi connectivity index (χ0v) is 12.4. The molecule has 1 saturated carbocycles. The molecule has 1 heterocycles. The lowest BCUT2D eigenvalue weighted by Gasteiger charge is -2.38. The third kappa shape index (κ3) is 3.25. The van der Waals surface area contributed by atoms with Gasteiger partial charge in [0.1, 0.15) is 0 Å². The van der Waals surface area contributed by atoms with Gasteiger partial charge in [0.05, 0.1) is 0 Å². The Labute approximate surface area is 119 Å². The molecule has 1 aromatic heterocycles. The molecule has 110 valence electrons. The highest BCUT2D eigenvalue weighted by Crippen LogP contribution is 2.36. The topological polar surface area (TPSA) is 84.1 Å². The predicted octanol–water partition coefficient (Wildman–Crippen LogP) is 1.80. The second-order valence-corrected chi connectivity index (χ2v) is 6.26. The molecule has 1 aliphatic rings. The minimum Gasteiger partial charge on any atom is -0.337 e. The molecule has 20 heavy (non-hydrogen) atoms. The van der Waals surface area contributed by atoms with E-state index in [1.807, 2.05) is 7.05 Å². The van der Waals surface area contributed by atoms with Gasteiger partial charge in [0.15, 0.2) is 11.5 Å². The first kappa shape index (κ1) is 14.7. The van der Waals surface area contributed by atoms with Crippen LogP contribution in [0.2, 0.25) is 0 Å². The Morgan fingerprint density at radius 2 is 2.00 bits per heavy atom. The van der Waals surface area contributed by atoms with Crippen molar-refractivity contribution in [3.8, 4) is 0 Å². The molecule has 1 aliphatic carbocycles. The molecule has 3 N–H and O–H groups in total. The monoisotopic (exact) mass is 277 g/mol. The molecule has 2 rings (SSSR count). The van der Waals surface area contributed by atoms with Crippen LogP contribution in [-0.2, 0) is 0 Å². The number of hydrogen-bond acceptors (Lipinski definition) is 5. The lowest BCUT2D eigenvalue weighted by Crippen LogP contribution is -2.41. The molecule has 0 saturated heterocycles. The predicted molar refractivity (Wildman–Crippen MR) is 78.0 cm³/mol. The summed E-state index contributed by atoms with van der Waals surface area (Å²) in [5.74, 6) is 5.60. The van der Waals surface area contributed by atoms with E-state index in [0.717, 1.165) is 25.7 Å². The largest absolute Gasteiger partial charge is 0.337 e. The van der Waals surface area contributed by atoms with E-state index in [1.54, 1.807) is 17.0 Å². The van der Waals surface area contributed by atoms with Crippen molar-refractivity contribution < 1.29 is 4.79 Å². The smallest absolute Gasteiger partial charge is 0.274 e. The van der Waals surface area contributed by atoms with Crippen molar-refractivity contribution in [2.24, 2.45) is 11.3 Å². The van der Waals surface area contributed by atoms with Gasteiger partial charge in [-0.05, 0) is 43.2 Å². The van der Waals surface area contributed by atoms with E-state index in [2.05, 4.69) is 29.5 Å². The quantitative estimate of drug-likeness (QED) is 0.650. The van der Waals surface area contributed by atoms with Gasteiger partial charge in [0.25, 0.3) is 5.91 Å². The summed E-state index contributed by atoms with van der Waals surface area (Å²) in [4.78, 5) is 14.2. The van der Waals surface area contributed by atoms with Crippen molar-refractivity contribution in [2.45, 2.75) is 45.6 Å². The maximum Gasteiger partial charge on any atom is 0.274 e. The van der Waals surface area contributed by atoms with Gasteiger partial charge < -0.3 is 10.3 Å². The molecule has 0 spiro atoms. The molecule has 1 aromatic rings. The van der Waals surface area contributed by atoms with Crippen molar-refractivity contribution in [3.05, 3.63) is 17.8 Å².